The molecule has 0 radical (unpaired) electrons. The minimum absolute atomic E-state index is 0.0295. The van der Waals surface area contributed by atoms with Gasteiger partial charge < -0.3 is 14.5 Å². The minimum Gasteiger partial charge on any atom is -0.380 e. The number of halogens is 4. The number of nitrogens with zero attached hydrogens (tertiary/aromatic N) is 8. The van der Waals surface area contributed by atoms with E-state index in [0.29, 0.717) is 29.2 Å². The van der Waals surface area contributed by atoms with Crippen molar-refractivity contribution < 1.29 is 17.9 Å². The molecule has 7 rings (SSSR count). The first-order valence-electron chi connectivity index (χ1n) is 12.7. The molecule has 3 aromatic rings. The van der Waals surface area contributed by atoms with E-state index >= 15 is 0 Å². The Morgan fingerprint density at radius 2 is 1.85 bits per heavy atom. The van der Waals surface area contributed by atoms with Gasteiger partial charge in [0.2, 0.25) is 5.95 Å². The summed E-state index contributed by atoms with van der Waals surface area (Å²) >= 11 is 6.31. The molecule has 0 saturated carbocycles. The summed E-state index contributed by atoms with van der Waals surface area (Å²) in [5, 5.41) is 18.5. The number of nitriles is 1. The number of rotatable bonds is 5. The summed E-state index contributed by atoms with van der Waals surface area (Å²) in [5.74, 6) is -2.41. The molecule has 9 nitrogen and oxygen atoms in total. The number of ether oxygens (including phenoxy) is 1. The monoisotopic (exact) mass is 556 g/mol. The summed E-state index contributed by atoms with van der Waals surface area (Å²) in [5.41, 5.74) is 1.50. The first-order chi connectivity index (χ1) is 18.7. The molecule has 4 aliphatic rings. The number of fused-ring (bicyclic) bond motifs is 3. The average Bonchev–Trinajstić information content (AvgIpc) is 3.12. The molecule has 0 amide bonds. The van der Waals surface area contributed by atoms with Crippen LogP contribution in [0.2, 0.25) is 5.02 Å². The zero-order valence-corrected chi connectivity index (χ0v) is 21.6. The SMILES string of the molecule is N#Cc1nc(N2CC3(C2)CN(c2nnc4n2-c2ccc(Cl)cc2CN(CC(F)(F)C2COC2)C4)C3)ccc1F. The molecule has 6 heterocycles. The number of hydrogen-bond acceptors (Lipinski definition) is 8. The summed E-state index contributed by atoms with van der Waals surface area (Å²) in [6.45, 7) is 3.23. The maximum Gasteiger partial charge on any atom is 0.267 e. The number of pyridine rings is 1. The molecule has 13 heteroatoms. The standard InChI is InChI=1S/C26H24ClF3N8O/c27-18-1-3-21-16(5-18)7-35(15-26(29,30)17-9-39-10-17)8-23-33-34-24(38(21)23)37-13-25(14-37)11-36(12-25)22-4-2-19(28)20(6-31)32-22/h1-5,17H,7-15H2. The van der Waals surface area contributed by atoms with Crippen molar-refractivity contribution in [2.24, 2.45) is 11.3 Å². The molecule has 3 fully saturated rings. The number of aromatic nitrogens is 4. The number of hydrogen-bond donors (Lipinski definition) is 0. The van der Waals surface area contributed by atoms with Crippen molar-refractivity contribution in [3.05, 3.63) is 58.3 Å². The highest BCUT2D eigenvalue weighted by atomic mass is 35.5. The molecular weight excluding hydrogens is 533 g/mol. The summed E-state index contributed by atoms with van der Waals surface area (Å²) in [4.78, 5) is 10.0. The molecular formula is C26H24ClF3N8O. The van der Waals surface area contributed by atoms with Gasteiger partial charge in [0.15, 0.2) is 17.3 Å². The number of alkyl halides is 2. The Labute approximate surface area is 227 Å². The lowest BCUT2D eigenvalue weighted by molar-refractivity contribution is -0.179. The fourth-order valence-electron chi connectivity index (χ4n) is 5.99. The van der Waals surface area contributed by atoms with Crippen LogP contribution in [0.5, 0.6) is 0 Å². The van der Waals surface area contributed by atoms with Gasteiger partial charge in [0.25, 0.3) is 5.92 Å². The predicted molar refractivity (Wildman–Crippen MR) is 136 cm³/mol. The van der Waals surface area contributed by atoms with Gasteiger partial charge in [0.1, 0.15) is 11.9 Å². The van der Waals surface area contributed by atoms with E-state index in [1.807, 2.05) is 21.6 Å². The van der Waals surface area contributed by atoms with E-state index in [-0.39, 0.29) is 30.9 Å². The quantitative estimate of drug-likeness (QED) is 0.473. The summed E-state index contributed by atoms with van der Waals surface area (Å²) in [6, 6.07) is 10.1. The largest absolute Gasteiger partial charge is 0.380 e. The maximum absolute atomic E-state index is 14.9. The van der Waals surface area contributed by atoms with Crippen LogP contribution in [0.25, 0.3) is 5.69 Å². The molecule has 0 unspecified atom stereocenters. The van der Waals surface area contributed by atoms with Gasteiger partial charge in [-0.1, -0.05) is 11.6 Å². The molecule has 4 aliphatic heterocycles. The zero-order valence-electron chi connectivity index (χ0n) is 20.8. The fourth-order valence-corrected chi connectivity index (χ4v) is 6.19. The molecule has 0 atom stereocenters. The molecule has 2 aromatic heterocycles. The van der Waals surface area contributed by atoms with Gasteiger partial charge in [-0.3, -0.25) is 9.47 Å². The molecule has 3 saturated heterocycles. The lowest BCUT2D eigenvalue weighted by Gasteiger charge is -2.60. The van der Waals surface area contributed by atoms with Gasteiger partial charge in [-0.25, -0.2) is 18.2 Å². The van der Waals surface area contributed by atoms with Gasteiger partial charge in [0, 0.05) is 43.2 Å². The van der Waals surface area contributed by atoms with Crippen LogP contribution in [0.1, 0.15) is 17.1 Å². The third-order valence-electron chi connectivity index (χ3n) is 8.07. The normalized spacial score (nSPS) is 20.4. The molecule has 202 valence electrons. The Morgan fingerprint density at radius 1 is 1.08 bits per heavy atom. The van der Waals surface area contributed by atoms with E-state index in [9.17, 15) is 13.2 Å². The molecule has 1 spiro atoms. The van der Waals surface area contributed by atoms with E-state index in [0.717, 1.165) is 37.4 Å². The Bertz CT molecular complexity index is 1490. The van der Waals surface area contributed by atoms with E-state index in [1.165, 1.54) is 6.07 Å². The number of benzene rings is 1. The molecule has 0 bridgehead atoms. The zero-order chi connectivity index (χ0) is 26.9. The van der Waals surface area contributed by atoms with E-state index in [4.69, 9.17) is 21.6 Å². The Morgan fingerprint density at radius 3 is 2.56 bits per heavy atom. The first kappa shape index (κ1) is 24.6. The third kappa shape index (κ3) is 4.11. The lowest BCUT2D eigenvalue weighted by Crippen LogP contribution is -2.73. The molecule has 1 aromatic carbocycles. The van der Waals surface area contributed by atoms with Crippen LogP contribution >= 0.6 is 11.6 Å². The highest BCUT2D eigenvalue weighted by molar-refractivity contribution is 6.30. The smallest absolute Gasteiger partial charge is 0.267 e. The summed E-state index contributed by atoms with van der Waals surface area (Å²) in [6.07, 6.45) is 0. The van der Waals surface area contributed by atoms with Crippen LogP contribution in [-0.2, 0) is 17.8 Å². The van der Waals surface area contributed by atoms with Crippen LogP contribution in [-0.4, -0.2) is 76.5 Å². The van der Waals surface area contributed by atoms with Crippen molar-refractivity contribution >= 4 is 23.4 Å². The van der Waals surface area contributed by atoms with E-state index in [1.54, 1.807) is 23.1 Å². The van der Waals surface area contributed by atoms with Crippen molar-refractivity contribution in [2.45, 2.75) is 19.0 Å². The summed E-state index contributed by atoms with van der Waals surface area (Å²) in [7, 11) is 0. The van der Waals surface area contributed by atoms with Crippen LogP contribution in [0, 0.1) is 28.5 Å². The topological polar surface area (TPSA) is 86.3 Å². The Balaban J connectivity index is 1.11. The molecule has 0 N–H and O–H groups in total. The van der Waals surface area contributed by atoms with Crippen molar-refractivity contribution in [3.63, 3.8) is 0 Å². The average molecular weight is 557 g/mol. The highest BCUT2D eigenvalue weighted by Gasteiger charge is 2.53. The Kier molecular flexibility index (Phi) is 5.56. The molecule has 0 aliphatic carbocycles. The van der Waals surface area contributed by atoms with Crippen LogP contribution < -0.4 is 9.80 Å². The minimum atomic E-state index is -2.87. The van der Waals surface area contributed by atoms with Gasteiger partial charge in [0.05, 0.1) is 37.9 Å². The lowest BCUT2D eigenvalue weighted by atomic mass is 9.73. The van der Waals surface area contributed by atoms with Gasteiger partial charge in [-0.15, -0.1) is 10.2 Å². The van der Waals surface area contributed by atoms with Gasteiger partial charge >= 0.3 is 0 Å². The summed E-state index contributed by atoms with van der Waals surface area (Å²) < 4.78 is 50.5. The van der Waals surface area contributed by atoms with Crippen LogP contribution in [0.3, 0.4) is 0 Å². The second-order valence-electron chi connectivity index (χ2n) is 11.0. The van der Waals surface area contributed by atoms with Crippen molar-refractivity contribution in [1.29, 1.82) is 5.26 Å². The van der Waals surface area contributed by atoms with Crippen LogP contribution in [0.15, 0.2) is 30.3 Å². The maximum atomic E-state index is 14.9. The van der Waals surface area contributed by atoms with Gasteiger partial charge in [-0.2, -0.15) is 5.26 Å². The molecule has 39 heavy (non-hydrogen) atoms. The highest BCUT2D eigenvalue weighted by Crippen LogP contribution is 2.44. The second kappa shape index (κ2) is 8.81. The van der Waals surface area contributed by atoms with E-state index in [2.05, 4.69) is 20.1 Å². The first-order valence-corrected chi connectivity index (χ1v) is 13.1. The van der Waals surface area contributed by atoms with Gasteiger partial charge in [-0.05, 0) is 35.9 Å². The van der Waals surface area contributed by atoms with Crippen molar-refractivity contribution in [2.75, 3.05) is 55.7 Å². The number of anilines is 2. The Hall–Kier alpha value is -3.40. The fraction of sp³-hybridized carbons (Fsp3) is 0.462. The third-order valence-corrected chi connectivity index (χ3v) is 8.31. The van der Waals surface area contributed by atoms with Crippen molar-refractivity contribution in [1.82, 2.24) is 24.6 Å². The van der Waals surface area contributed by atoms with Crippen molar-refractivity contribution in [3.8, 4) is 11.8 Å². The predicted octanol–water partition coefficient (Wildman–Crippen LogP) is 3.25. The van der Waals surface area contributed by atoms with E-state index < -0.39 is 24.2 Å². The van der Waals surface area contributed by atoms with Crippen LogP contribution in [0.4, 0.5) is 24.9 Å². The second-order valence-corrected chi connectivity index (χ2v) is 11.4.